The van der Waals surface area contributed by atoms with E-state index in [4.69, 9.17) is 29.8 Å². The Morgan fingerprint density at radius 2 is 1.87 bits per heavy atom. The van der Waals surface area contributed by atoms with Crippen LogP contribution >= 0.6 is 0 Å². The van der Waals surface area contributed by atoms with Crippen molar-refractivity contribution in [2.24, 2.45) is 5.92 Å². The summed E-state index contributed by atoms with van der Waals surface area (Å²) in [5.74, 6) is 0.836. The van der Waals surface area contributed by atoms with E-state index < -0.39 is 18.1 Å². The van der Waals surface area contributed by atoms with Crippen LogP contribution in [0.5, 0.6) is 17.2 Å². The fourth-order valence-corrected chi connectivity index (χ4v) is 3.79. The van der Waals surface area contributed by atoms with E-state index in [1.165, 1.54) is 6.08 Å². The number of ether oxygens (including phenoxy) is 4. The number of rotatable bonds is 10. The van der Waals surface area contributed by atoms with Gasteiger partial charge in [-0.15, -0.1) is 0 Å². The number of benzene rings is 3. The maximum atomic E-state index is 12.9. The molecule has 3 aromatic rings. The van der Waals surface area contributed by atoms with Crippen molar-refractivity contribution in [2.45, 2.75) is 13.0 Å². The third-order valence-electron chi connectivity index (χ3n) is 5.65. The van der Waals surface area contributed by atoms with Gasteiger partial charge >= 0.3 is 6.09 Å². The van der Waals surface area contributed by atoms with Crippen LogP contribution in [-0.2, 0) is 9.53 Å². The lowest BCUT2D eigenvalue weighted by molar-refractivity contribution is -0.111. The Hall–Kier alpha value is -4.70. The number of aliphatic hydroxyl groups is 1. The van der Waals surface area contributed by atoms with Crippen molar-refractivity contribution < 1.29 is 33.6 Å². The topological polar surface area (TPSA) is 141 Å². The van der Waals surface area contributed by atoms with Gasteiger partial charge in [-0.25, -0.2) is 4.79 Å². The first-order valence-electron chi connectivity index (χ1n) is 12.0. The average molecular weight is 520 g/mol. The summed E-state index contributed by atoms with van der Waals surface area (Å²) >= 11 is 0. The average Bonchev–Trinajstić information content (AvgIpc) is 3.39. The molecule has 0 fully saturated rings. The number of carbonyl (C=O) groups excluding carboxylic acids is 2. The molecule has 1 aliphatic heterocycles. The molecule has 5 N–H and O–H groups in total. The predicted molar refractivity (Wildman–Crippen MR) is 142 cm³/mol. The van der Waals surface area contributed by atoms with Gasteiger partial charge in [-0.1, -0.05) is 37.3 Å². The van der Waals surface area contributed by atoms with Crippen LogP contribution in [0.4, 0.5) is 21.9 Å². The summed E-state index contributed by atoms with van der Waals surface area (Å²) in [7, 11) is 0. The molecule has 10 nitrogen and oxygen atoms in total. The van der Waals surface area contributed by atoms with E-state index in [0.717, 1.165) is 0 Å². The highest BCUT2D eigenvalue weighted by molar-refractivity contribution is 6.01. The number of fused-ring (bicyclic) bond motifs is 1. The van der Waals surface area contributed by atoms with Crippen LogP contribution in [0.2, 0.25) is 0 Å². The SMILES string of the molecule is C[C@@H](/C=C/C(=O)Nc1ccccc1N)[C@@H](OC(=O)Nc1ccc2c(c1)OCO2)c1cccc(OCCO)c1. The fourth-order valence-electron chi connectivity index (χ4n) is 3.79. The Balaban J connectivity index is 1.50. The second-order valence-electron chi connectivity index (χ2n) is 8.46. The first-order valence-corrected chi connectivity index (χ1v) is 12.0. The zero-order valence-corrected chi connectivity index (χ0v) is 20.8. The van der Waals surface area contributed by atoms with Crippen molar-refractivity contribution in [3.05, 3.63) is 84.4 Å². The van der Waals surface area contributed by atoms with Crippen molar-refractivity contribution in [3.63, 3.8) is 0 Å². The first kappa shape index (κ1) is 26.4. The van der Waals surface area contributed by atoms with Crippen molar-refractivity contribution in [3.8, 4) is 17.2 Å². The van der Waals surface area contributed by atoms with E-state index in [2.05, 4.69) is 10.6 Å². The highest BCUT2D eigenvalue weighted by Crippen LogP contribution is 2.35. The first-order chi connectivity index (χ1) is 18.4. The van der Waals surface area contributed by atoms with Crippen molar-refractivity contribution >= 4 is 29.1 Å². The Labute approximate surface area is 220 Å². The van der Waals surface area contributed by atoms with Gasteiger partial charge in [0, 0.05) is 17.7 Å². The molecule has 10 heteroatoms. The highest BCUT2D eigenvalue weighted by atomic mass is 16.7. The zero-order chi connectivity index (χ0) is 26.9. The summed E-state index contributed by atoms with van der Waals surface area (Å²) in [6.07, 6.45) is 1.55. The van der Waals surface area contributed by atoms with Crippen LogP contribution in [-0.4, -0.2) is 37.1 Å². The lowest BCUT2D eigenvalue weighted by Crippen LogP contribution is -2.21. The number of hydrogen-bond donors (Lipinski definition) is 4. The fraction of sp³-hybridized carbons (Fsp3) is 0.214. The highest BCUT2D eigenvalue weighted by Gasteiger charge is 2.24. The minimum Gasteiger partial charge on any atom is -0.491 e. The summed E-state index contributed by atoms with van der Waals surface area (Å²) in [4.78, 5) is 25.4. The quantitative estimate of drug-likeness (QED) is 0.227. The molecule has 2 amide bonds. The molecule has 1 aliphatic rings. The van der Waals surface area contributed by atoms with Gasteiger partial charge in [-0.3, -0.25) is 10.1 Å². The minimum absolute atomic E-state index is 0.119. The predicted octanol–water partition coefficient (Wildman–Crippen LogP) is 4.49. The molecule has 4 rings (SSSR count). The third kappa shape index (κ3) is 6.95. The monoisotopic (exact) mass is 519 g/mol. The number of hydrogen-bond acceptors (Lipinski definition) is 8. The molecular weight excluding hydrogens is 490 g/mol. The number of aliphatic hydroxyl groups excluding tert-OH is 1. The second-order valence-corrected chi connectivity index (χ2v) is 8.46. The molecule has 1 heterocycles. The van der Waals surface area contributed by atoms with Gasteiger partial charge in [-0.05, 0) is 48.0 Å². The molecule has 0 unspecified atom stereocenters. The number of nitrogens with two attached hydrogens (primary N) is 1. The zero-order valence-electron chi connectivity index (χ0n) is 20.8. The van der Waals surface area contributed by atoms with Crippen LogP contribution in [0.1, 0.15) is 18.6 Å². The maximum Gasteiger partial charge on any atom is 0.412 e. The van der Waals surface area contributed by atoms with Gasteiger partial charge in [0.2, 0.25) is 12.7 Å². The van der Waals surface area contributed by atoms with Gasteiger partial charge in [-0.2, -0.15) is 0 Å². The number of anilines is 3. The summed E-state index contributed by atoms with van der Waals surface area (Å²) in [6, 6.07) is 19.0. The molecule has 0 saturated heterocycles. The van der Waals surface area contributed by atoms with Crippen LogP contribution in [0.25, 0.3) is 0 Å². The smallest absolute Gasteiger partial charge is 0.412 e. The maximum absolute atomic E-state index is 12.9. The van der Waals surface area contributed by atoms with Gasteiger partial charge in [0.05, 0.1) is 18.0 Å². The molecule has 3 aromatic carbocycles. The van der Waals surface area contributed by atoms with Crippen LogP contribution < -0.4 is 30.6 Å². The molecule has 0 aromatic heterocycles. The van der Waals surface area contributed by atoms with E-state index in [9.17, 15) is 9.59 Å². The van der Waals surface area contributed by atoms with Crippen LogP contribution in [0.3, 0.4) is 0 Å². The summed E-state index contributed by atoms with van der Waals surface area (Å²) < 4.78 is 22.0. The van der Waals surface area contributed by atoms with Crippen LogP contribution in [0.15, 0.2) is 78.9 Å². The summed E-state index contributed by atoms with van der Waals surface area (Å²) in [5, 5.41) is 14.5. The number of para-hydroxylation sites is 2. The van der Waals surface area contributed by atoms with Crippen molar-refractivity contribution in [1.29, 1.82) is 0 Å². The largest absolute Gasteiger partial charge is 0.491 e. The lowest BCUT2D eigenvalue weighted by Gasteiger charge is -2.23. The third-order valence-corrected chi connectivity index (χ3v) is 5.65. The molecule has 38 heavy (non-hydrogen) atoms. The second kappa shape index (κ2) is 12.5. The van der Waals surface area contributed by atoms with Gasteiger partial charge in [0.25, 0.3) is 0 Å². The van der Waals surface area contributed by atoms with Gasteiger partial charge < -0.3 is 35.1 Å². The Bertz CT molecular complexity index is 1310. The number of amides is 2. The van der Waals surface area contributed by atoms with Crippen LogP contribution in [0, 0.1) is 5.92 Å². The lowest BCUT2D eigenvalue weighted by atomic mass is 9.96. The molecular formula is C28H29N3O7. The van der Waals surface area contributed by atoms with Gasteiger partial charge in [0.15, 0.2) is 11.5 Å². The minimum atomic E-state index is -0.771. The Kier molecular flexibility index (Phi) is 8.68. The molecule has 0 aliphatic carbocycles. The van der Waals surface area contributed by atoms with Crippen molar-refractivity contribution in [2.75, 3.05) is 36.4 Å². The van der Waals surface area contributed by atoms with Crippen molar-refractivity contribution in [1.82, 2.24) is 0 Å². The van der Waals surface area contributed by atoms with E-state index in [-0.39, 0.29) is 25.9 Å². The normalized spacial score (nSPS) is 13.5. The molecule has 0 bridgehead atoms. The van der Waals surface area contributed by atoms with Gasteiger partial charge in [0.1, 0.15) is 18.5 Å². The molecule has 0 saturated carbocycles. The van der Waals surface area contributed by atoms with E-state index in [1.54, 1.807) is 72.8 Å². The van der Waals surface area contributed by atoms with E-state index in [0.29, 0.717) is 39.9 Å². The summed E-state index contributed by atoms with van der Waals surface area (Å²) in [5.41, 5.74) is 7.97. The Morgan fingerprint density at radius 3 is 2.68 bits per heavy atom. The Morgan fingerprint density at radius 1 is 1.05 bits per heavy atom. The molecule has 0 spiro atoms. The van der Waals surface area contributed by atoms with E-state index >= 15 is 0 Å². The number of carbonyl (C=O) groups is 2. The standard InChI is InChI=1S/C28H29N3O7/c1-18(9-12-26(33)31-23-8-3-2-7-22(23)29)27(19-5-4-6-21(15-19)35-14-13-32)38-28(34)30-20-10-11-24-25(16-20)37-17-36-24/h2-12,15-16,18,27,32H,13-14,17,29H2,1H3,(H,30,34)(H,31,33)/b12-9+/t18-,27+/m0/s1. The number of nitrogen functional groups attached to an aromatic ring is 1. The molecule has 198 valence electrons. The number of nitrogens with one attached hydrogen (secondary N) is 2. The van der Waals surface area contributed by atoms with E-state index in [1.807, 2.05) is 6.92 Å². The molecule has 2 atom stereocenters. The molecule has 0 radical (unpaired) electrons. The summed E-state index contributed by atoms with van der Waals surface area (Å²) in [6.45, 7) is 1.93.